The van der Waals surface area contributed by atoms with Gasteiger partial charge >= 0.3 is 0 Å². The summed E-state index contributed by atoms with van der Waals surface area (Å²) in [7, 11) is 0. The molecule has 1 aromatic carbocycles. The van der Waals surface area contributed by atoms with Gasteiger partial charge in [-0.15, -0.1) is 11.6 Å². The SMILES string of the molecule is ClCCNc1nc2ccccc2o1. The van der Waals surface area contributed by atoms with Crippen LogP contribution in [0.4, 0.5) is 6.01 Å². The Hall–Kier alpha value is -1.22. The molecule has 0 fully saturated rings. The summed E-state index contributed by atoms with van der Waals surface area (Å²) in [6, 6.07) is 8.16. The molecule has 4 heteroatoms. The summed E-state index contributed by atoms with van der Waals surface area (Å²) in [6.45, 7) is 0.661. The minimum Gasteiger partial charge on any atom is -0.424 e. The number of alkyl halides is 1. The monoisotopic (exact) mass is 196 g/mol. The van der Waals surface area contributed by atoms with E-state index < -0.39 is 0 Å². The van der Waals surface area contributed by atoms with Gasteiger partial charge in [0.2, 0.25) is 0 Å². The minimum absolute atomic E-state index is 0.529. The summed E-state index contributed by atoms with van der Waals surface area (Å²) in [4.78, 5) is 4.21. The molecule has 3 nitrogen and oxygen atoms in total. The van der Waals surface area contributed by atoms with E-state index in [1.54, 1.807) is 0 Å². The lowest BCUT2D eigenvalue weighted by Gasteiger charge is -1.93. The highest BCUT2D eigenvalue weighted by Crippen LogP contribution is 2.17. The Balaban J connectivity index is 2.28. The smallest absolute Gasteiger partial charge is 0.295 e. The van der Waals surface area contributed by atoms with E-state index in [4.69, 9.17) is 16.0 Å². The number of fused-ring (bicyclic) bond motifs is 1. The maximum Gasteiger partial charge on any atom is 0.295 e. The van der Waals surface area contributed by atoms with Gasteiger partial charge in [-0.3, -0.25) is 0 Å². The van der Waals surface area contributed by atoms with Crippen molar-refractivity contribution in [2.75, 3.05) is 17.7 Å². The second-order valence-electron chi connectivity index (χ2n) is 2.60. The first-order valence-electron chi connectivity index (χ1n) is 4.05. The van der Waals surface area contributed by atoms with Crippen molar-refractivity contribution in [3.05, 3.63) is 24.3 Å². The fourth-order valence-electron chi connectivity index (χ4n) is 1.10. The zero-order valence-corrected chi connectivity index (χ0v) is 7.71. The van der Waals surface area contributed by atoms with Crippen molar-refractivity contribution in [1.29, 1.82) is 0 Å². The fraction of sp³-hybridized carbons (Fsp3) is 0.222. The molecule has 2 aromatic rings. The zero-order valence-electron chi connectivity index (χ0n) is 6.96. The lowest BCUT2D eigenvalue weighted by molar-refractivity contribution is 0.616. The fourth-order valence-corrected chi connectivity index (χ4v) is 1.20. The molecule has 0 bridgehead atoms. The number of benzene rings is 1. The molecule has 68 valence electrons. The van der Waals surface area contributed by atoms with Crippen molar-refractivity contribution < 1.29 is 4.42 Å². The van der Waals surface area contributed by atoms with E-state index in [1.807, 2.05) is 24.3 Å². The number of nitrogens with one attached hydrogen (secondary N) is 1. The van der Waals surface area contributed by atoms with Crippen molar-refractivity contribution in [3.63, 3.8) is 0 Å². The number of para-hydroxylation sites is 2. The highest BCUT2D eigenvalue weighted by atomic mass is 35.5. The lowest BCUT2D eigenvalue weighted by Crippen LogP contribution is -2.01. The number of rotatable bonds is 3. The summed E-state index contributed by atoms with van der Waals surface area (Å²) in [5.74, 6) is 0.540. The summed E-state index contributed by atoms with van der Waals surface area (Å²) < 4.78 is 5.39. The average molecular weight is 197 g/mol. The van der Waals surface area contributed by atoms with Crippen LogP contribution < -0.4 is 5.32 Å². The highest BCUT2D eigenvalue weighted by molar-refractivity contribution is 6.18. The maximum atomic E-state index is 5.52. The number of anilines is 1. The van der Waals surface area contributed by atoms with E-state index in [0.29, 0.717) is 18.4 Å². The zero-order chi connectivity index (χ0) is 9.10. The van der Waals surface area contributed by atoms with Gasteiger partial charge in [0.15, 0.2) is 5.58 Å². The number of hydrogen-bond donors (Lipinski definition) is 1. The van der Waals surface area contributed by atoms with Crippen LogP contribution in [0.2, 0.25) is 0 Å². The number of halogens is 1. The number of nitrogens with zero attached hydrogens (tertiary/aromatic N) is 1. The predicted octanol–water partition coefficient (Wildman–Crippen LogP) is 2.48. The van der Waals surface area contributed by atoms with Gasteiger partial charge in [-0.1, -0.05) is 12.1 Å². The van der Waals surface area contributed by atoms with E-state index in [1.165, 1.54) is 0 Å². The van der Waals surface area contributed by atoms with Crippen LogP contribution in [0.15, 0.2) is 28.7 Å². The Labute approximate surface area is 80.7 Å². The van der Waals surface area contributed by atoms with E-state index in [0.717, 1.165) is 11.1 Å². The maximum absolute atomic E-state index is 5.52. The molecule has 2 rings (SSSR count). The van der Waals surface area contributed by atoms with E-state index in [9.17, 15) is 0 Å². The molecule has 0 saturated heterocycles. The third-order valence-corrected chi connectivity index (χ3v) is 1.85. The molecule has 1 aromatic heterocycles. The summed E-state index contributed by atoms with van der Waals surface area (Å²) >= 11 is 5.52. The van der Waals surface area contributed by atoms with E-state index >= 15 is 0 Å². The molecule has 0 aliphatic heterocycles. The largest absolute Gasteiger partial charge is 0.424 e. The molecular weight excluding hydrogens is 188 g/mol. The van der Waals surface area contributed by atoms with Gasteiger partial charge in [-0.05, 0) is 12.1 Å². The molecule has 13 heavy (non-hydrogen) atoms. The molecule has 0 saturated carbocycles. The average Bonchev–Trinajstić information content (AvgIpc) is 2.57. The molecule has 1 heterocycles. The quantitative estimate of drug-likeness (QED) is 0.767. The number of hydrogen-bond acceptors (Lipinski definition) is 3. The Morgan fingerprint density at radius 2 is 2.23 bits per heavy atom. The van der Waals surface area contributed by atoms with Crippen LogP contribution in [0.25, 0.3) is 11.1 Å². The standard InChI is InChI=1S/C9H9ClN2O/c10-5-6-11-9-12-7-3-1-2-4-8(7)13-9/h1-4H,5-6H2,(H,11,12). The molecule has 1 N–H and O–H groups in total. The number of oxazole rings is 1. The van der Waals surface area contributed by atoms with Crippen LogP contribution in [0.5, 0.6) is 0 Å². The van der Waals surface area contributed by atoms with Crippen molar-refractivity contribution in [1.82, 2.24) is 4.98 Å². The van der Waals surface area contributed by atoms with Crippen molar-refractivity contribution in [2.24, 2.45) is 0 Å². The Morgan fingerprint density at radius 3 is 3.00 bits per heavy atom. The lowest BCUT2D eigenvalue weighted by atomic mass is 10.3. The van der Waals surface area contributed by atoms with Crippen molar-refractivity contribution >= 4 is 28.7 Å². The van der Waals surface area contributed by atoms with Crippen LogP contribution in [-0.4, -0.2) is 17.4 Å². The second kappa shape index (κ2) is 3.66. The van der Waals surface area contributed by atoms with E-state index in [2.05, 4.69) is 10.3 Å². The second-order valence-corrected chi connectivity index (χ2v) is 2.98. The van der Waals surface area contributed by atoms with Crippen molar-refractivity contribution in [2.45, 2.75) is 0 Å². The minimum atomic E-state index is 0.529. The van der Waals surface area contributed by atoms with Crippen LogP contribution in [-0.2, 0) is 0 Å². The van der Waals surface area contributed by atoms with Crippen LogP contribution in [0.1, 0.15) is 0 Å². The summed E-state index contributed by atoms with van der Waals surface area (Å²) in [6.07, 6.45) is 0. The van der Waals surface area contributed by atoms with Crippen LogP contribution in [0, 0.1) is 0 Å². The van der Waals surface area contributed by atoms with Crippen molar-refractivity contribution in [3.8, 4) is 0 Å². The molecule has 0 amide bonds. The first kappa shape index (κ1) is 8.38. The molecule has 0 aliphatic carbocycles. The van der Waals surface area contributed by atoms with Gasteiger partial charge in [0, 0.05) is 12.4 Å². The van der Waals surface area contributed by atoms with Gasteiger partial charge < -0.3 is 9.73 Å². The molecule has 0 aliphatic rings. The van der Waals surface area contributed by atoms with E-state index in [-0.39, 0.29) is 0 Å². The molecule has 0 atom stereocenters. The summed E-state index contributed by atoms with van der Waals surface area (Å²) in [5, 5.41) is 2.97. The molecular formula is C9H9ClN2O. The van der Waals surface area contributed by atoms with Gasteiger partial charge in [0.25, 0.3) is 6.01 Å². The predicted molar refractivity (Wildman–Crippen MR) is 53.2 cm³/mol. The Bertz CT molecular complexity index is 366. The first-order valence-corrected chi connectivity index (χ1v) is 4.59. The van der Waals surface area contributed by atoms with Crippen LogP contribution >= 0.6 is 11.6 Å². The highest BCUT2D eigenvalue weighted by Gasteiger charge is 2.02. The Morgan fingerprint density at radius 1 is 1.38 bits per heavy atom. The third kappa shape index (κ3) is 1.75. The van der Waals surface area contributed by atoms with Gasteiger partial charge in [-0.2, -0.15) is 4.98 Å². The van der Waals surface area contributed by atoms with Crippen LogP contribution in [0.3, 0.4) is 0 Å². The molecule has 0 radical (unpaired) electrons. The van der Waals surface area contributed by atoms with Gasteiger partial charge in [-0.25, -0.2) is 0 Å². The van der Waals surface area contributed by atoms with Gasteiger partial charge in [0.05, 0.1) is 0 Å². The molecule has 0 unspecified atom stereocenters. The first-order chi connectivity index (χ1) is 6.40. The van der Waals surface area contributed by atoms with Gasteiger partial charge in [0.1, 0.15) is 5.52 Å². The number of aromatic nitrogens is 1. The Kier molecular flexibility index (Phi) is 2.36. The molecule has 0 spiro atoms. The third-order valence-electron chi connectivity index (χ3n) is 1.66. The normalized spacial score (nSPS) is 10.5. The summed E-state index contributed by atoms with van der Waals surface area (Å²) in [5.41, 5.74) is 1.65. The topological polar surface area (TPSA) is 38.1 Å².